The third kappa shape index (κ3) is 3.06. The molecule has 1 saturated carbocycles. The molecule has 0 N–H and O–H groups in total. The Balaban J connectivity index is 2.06. The Kier molecular flexibility index (Phi) is 4.30. The lowest BCUT2D eigenvalue weighted by molar-refractivity contribution is 0.205. The summed E-state index contributed by atoms with van der Waals surface area (Å²) >= 11 is 5.90. The molecule has 1 aliphatic carbocycles. The standard InChI is InChI=1S/C16H20ClN/c1-2-13-7-9-16(12-18,10-8-13)11-14-3-5-15(17)6-4-14/h3-6,13H,2,7-11H2,1H3. The Bertz CT molecular complexity index is 421. The zero-order chi connectivity index (χ0) is 13.0. The molecule has 0 spiro atoms. The number of rotatable bonds is 3. The van der Waals surface area contributed by atoms with Gasteiger partial charge in [-0.15, -0.1) is 0 Å². The predicted octanol–water partition coefficient (Wildman–Crippen LogP) is 4.99. The fourth-order valence-electron chi connectivity index (χ4n) is 2.96. The summed E-state index contributed by atoms with van der Waals surface area (Å²) in [6.07, 6.45) is 6.63. The second kappa shape index (κ2) is 5.76. The van der Waals surface area contributed by atoms with Gasteiger partial charge in [0.05, 0.1) is 11.5 Å². The fraction of sp³-hybridized carbons (Fsp3) is 0.562. The van der Waals surface area contributed by atoms with Crippen molar-refractivity contribution < 1.29 is 0 Å². The van der Waals surface area contributed by atoms with E-state index in [0.717, 1.165) is 30.2 Å². The van der Waals surface area contributed by atoms with Crippen LogP contribution >= 0.6 is 11.6 Å². The highest BCUT2D eigenvalue weighted by Crippen LogP contribution is 2.42. The molecule has 2 heteroatoms. The summed E-state index contributed by atoms with van der Waals surface area (Å²) in [5.41, 5.74) is 1.09. The Morgan fingerprint density at radius 1 is 1.28 bits per heavy atom. The Morgan fingerprint density at radius 2 is 1.89 bits per heavy atom. The van der Waals surface area contributed by atoms with E-state index in [9.17, 15) is 5.26 Å². The monoisotopic (exact) mass is 261 g/mol. The van der Waals surface area contributed by atoms with Crippen molar-refractivity contribution in [1.82, 2.24) is 0 Å². The van der Waals surface area contributed by atoms with Crippen molar-refractivity contribution in [2.45, 2.75) is 45.4 Å². The van der Waals surface area contributed by atoms with Gasteiger partial charge in [0.15, 0.2) is 0 Å². The highest BCUT2D eigenvalue weighted by Gasteiger charge is 2.34. The summed E-state index contributed by atoms with van der Waals surface area (Å²) < 4.78 is 0. The van der Waals surface area contributed by atoms with Crippen LogP contribution in [0.1, 0.15) is 44.6 Å². The van der Waals surface area contributed by atoms with Gasteiger partial charge in [-0.1, -0.05) is 37.1 Å². The van der Waals surface area contributed by atoms with E-state index in [1.54, 1.807) is 0 Å². The van der Waals surface area contributed by atoms with E-state index in [4.69, 9.17) is 11.6 Å². The number of benzene rings is 1. The van der Waals surface area contributed by atoms with Crippen molar-refractivity contribution >= 4 is 11.6 Å². The van der Waals surface area contributed by atoms with Crippen LogP contribution in [-0.4, -0.2) is 0 Å². The van der Waals surface area contributed by atoms with E-state index in [1.165, 1.54) is 24.8 Å². The van der Waals surface area contributed by atoms with E-state index < -0.39 is 0 Å². The lowest BCUT2D eigenvalue weighted by Gasteiger charge is -2.34. The average molecular weight is 262 g/mol. The van der Waals surface area contributed by atoms with Gasteiger partial charge in [0.2, 0.25) is 0 Å². The molecule has 1 aliphatic rings. The zero-order valence-electron chi connectivity index (χ0n) is 11.0. The van der Waals surface area contributed by atoms with Crippen LogP contribution in [0.3, 0.4) is 0 Å². The first kappa shape index (κ1) is 13.4. The SMILES string of the molecule is CCC1CCC(C#N)(Cc2ccc(Cl)cc2)CC1. The normalized spacial score (nSPS) is 27.7. The lowest BCUT2D eigenvalue weighted by atomic mass is 9.68. The van der Waals surface area contributed by atoms with E-state index in [1.807, 2.05) is 24.3 Å². The molecular weight excluding hydrogens is 242 g/mol. The van der Waals surface area contributed by atoms with Gasteiger partial charge in [-0.3, -0.25) is 0 Å². The van der Waals surface area contributed by atoms with Crippen molar-refractivity contribution in [3.05, 3.63) is 34.9 Å². The number of hydrogen-bond acceptors (Lipinski definition) is 1. The average Bonchev–Trinajstić information content (AvgIpc) is 2.42. The van der Waals surface area contributed by atoms with Gasteiger partial charge in [0.25, 0.3) is 0 Å². The molecule has 1 nitrogen and oxygen atoms in total. The van der Waals surface area contributed by atoms with Crippen LogP contribution in [0.25, 0.3) is 0 Å². The number of nitriles is 1. The van der Waals surface area contributed by atoms with Gasteiger partial charge in [0, 0.05) is 5.02 Å². The van der Waals surface area contributed by atoms with Gasteiger partial charge >= 0.3 is 0 Å². The van der Waals surface area contributed by atoms with Gasteiger partial charge in [-0.25, -0.2) is 0 Å². The zero-order valence-corrected chi connectivity index (χ0v) is 11.7. The van der Waals surface area contributed by atoms with E-state index in [2.05, 4.69) is 13.0 Å². The smallest absolute Gasteiger partial charge is 0.0693 e. The summed E-state index contributed by atoms with van der Waals surface area (Å²) in [6, 6.07) is 10.5. The Labute approximate surface area is 115 Å². The first-order valence-electron chi connectivity index (χ1n) is 6.83. The first-order chi connectivity index (χ1) is 8.67. The van der Waals surface area contributed by atoms with E-state index in [-0.39, 0.29) is 5.41 Å². The second-order valence-corrected chi connectivity index (χ2v) is 5.98. The highest BCUT2D eigenvalue weighted by molar-refractivity contribution is 6.30. The predicted molar refractivity (Wildman–Crippen MR) is 75.5 cm³/mol. The third-order valence-electron chi connectivity index (χ3n) is 4.33. The molecule has 0 atom stereocenters. The molecule has 96 valence electrons. The molecule has 1 aromatic carbocycles. The van der Waals surface area contributed by atoms with Crippen LogP contribution in [-0.2, 0) is 6.42 Å². The second-order valence-electron chi connectivity index (χ2n) is 5.55. The fourth-order valence-corrected chi connectivity index (χ4v) is 3.09. The summed E-state index contributed by atoms with van der Waals surface area (Å²) in [6.45, 7) is 2.25. The Hall–Kier alpha value is -1.00. The minimum Gasteiger partial charge on any atom is -0.198 e. The van der Waals surface area contributed by atoms with Crippen LogP contribution < -0.4 is 0 Å². The van der Waals surface area contributed by atoms with Crippen molar-refractivity contribution in [1.29, 1.82) is 5.26 Å². The van der Waals surface area contributed by atoms with Crippen molar-refractivity contribution in [2.24, 2.45) is 11.3 Å². The molecule has 0 unspecified atom stereocenters. The van der Waals surface area contributed by atoms with Crippen molar-refractivity contribution in [3.63, 3.8) is 0 Å². The molecule has 18 heavy (non-hydrogen) atoms. The van der Waals surface area contributed by atoms with Crippen LogP contribution in [0.2, 0.25) is 5.02 Å². The molecule has 0 radical (unpaired) electrons. The van der Waals surface area contributed by atoms with Crippen LogP contribution in [0.15, 0.2) is 24.3 Å². The maximum Gasteiger partial charge on any atom is 0.0693 e. The molecule has 0 bridgehead atoms. The Morgan fingerprint density at radius 3 is 2.39 bits per heavy atom. The van der Waals surface area contributed by atoms with Crippen LogP contribution in [0, 0.1) is 22.7 Å². The maximum absolute atomic E-state index is 9.54. The van der Waals surface area contributed by atoms with Gasteiger partial charge in [-0.2, -0.15) is 5.26 Å². The van der Waals surface area contributed by atoms with E-state index in [0.29, 0.717) is 0 Å². The maximum atomic E-state index is 9.54. The molecular formula is C16H20ClN. The summed E-state index contributed by atoms with van der Waals surface area (Å²) in [7, 11) is 0. The summed E-state index contributed by atoms with van der Waals surface area (Å²) in [5.74, 6) is 0.830. The largest absolute Gasteiger partial charge is 0.198 e. The molecule has 0 saturated heterocycles. The number of halogens is 1. The molecule has 0 heterocycles. The first-order valence-corrected chi connectivity index (χ1v) is 7.21. The van der Waals surface area contributed by atoms with Gasteiger partial charge < -0.3 is 0 Å². The molecule has 1 fully saturated rings. The highest BCUT2D eigenvalue weighted by atomic mass is 35.5. The molecule has 0 aliphatic heterocycles. The summed E-state index contributed by atoms with van der Waals surface area (Å²) in [4.78, 5) is 0. The van der Waals surface area contributed by atoms with Gasteiger partial charge in [0.1, 0.15) is 0 Å². The topological polar surface area (TPSA) is 23.8 Å². The van der Waals surface area contributed by atoms with Crippen molar-refractivity contribution in [2.75, 3.05) is 0 Å². The minimum atomic E-state index is -0.139. The number of hydrogen-bond donors (Lipinski definition) is 0. The van der Waals surface area contributed by atoms with E-state index >= 15 is 0 Å². The quantitative estimate of drug-likeness (QED) is 0.752. The summed E-state index contributed by atoms with van der Waals surface area (Å²) in [5, 5.41) is 10.3. The minimum absolute atomic E-state index is 0.139. The number of nitrogens with zero attached hydrogens (tertiary/aromatic N) is 1. The molecule has 0 aromatic heterocycles. The lowest BCUT2D eigenvalue weighted by Crippen LogP contribution is -2.28. The molecule has 2 rings (SSSR count). The molecule has 0 amide bonds. The van der Waals surface area contributed by atoms with Crippen molar-refractivity contribution in [3.8, 4) is 6.07 Å². The van der Waals surface area contributed by atoms with Crippen LogP contribution in [0.5, 0.6) is 0 Å². The van der Waals surface area contributed by atoms with Crippen LogP contribution in [0.4, 0.5) is 0 Å². The molecule has 1 aromatic rings. The third-order valence-corrected chi connectivity index (χ3v) is 4.58. The van der Waals surface area contributed by atoms with Gasteiger partial charge in [-0.05, 0) is 55.7 Å².